The van der Waals surface area contributed by atoms with Gasteiger partial charge in [-0.25, -0.2) is 23.2 Å². The van der Waals surface area contributed by atoms with Gasteiger partial charge in [0.1, 0.15) is 29.6 Å². The summed E-state index contributed by atoms with van der Waals surface area (Å²) in [5.41, 5.74) is -2.60. The minimum Gasteiger partial charge on any atom is -0.478 e. The second-order valence-electron chi connectivity index (χ2n) is 4.77. The number of carboxylic acid groups (broad SMARTS) is 1. The van der Waals surface area contributed by atoms with Crippen LogP contribution in [0.5, 0.6) is 0 Å². The number of carbonyl (C=O) groups excluding carboxylic acids is 2. The van der Waals surface area contributed by atoms with Crippen LogP contribution in [0.2, 0.25) is 0 Å². The van der Waals surface area contributed by atoms with Crippen molar-refractivity contribution in [1.82, 2.24) is 0 Å². The zero-order valence-corrected chi connectivity index (χ0v) is 13.2. The third kappa shape index (κ3) is 3.29. The van der Waals surface area contributed by atoms with Crippen molar-refractivity contribution in [2.24, 2.45) is 0 Å². The normalized spacial score (nSPS) is 14.3. The van der Waals surface area contributed by atoms with E-state index in [1.807, 2.05) is 0 Å². The molecule has 1 aromatic rings. The van der Waals surface area contributed by atoms with Crippen LogP contribution in [-0.4, -0.2) is 50.6 Å². The van der Waals surface area contributed by atoms with Gasteiger partial charge in [0.25, 0.3) is 0 Å². The van der Waals surface area contributed by atoms with Crippen molar-refractivity contribution >= 4 is 23.6 Å². The molecule has 0 amide bonds. The van der Waals surface area contributed by atoms with Crippen molar-refractivity contribution in [3.05, 3.63) is 40.6 Å². The lowest BCUT2D eigenvalue weighted by molar-refractivity contribution is -0.140. The van der Waals surface area contributed by atoms with Crippen LogP contribution in [0, 0.1) is 11.6 Å². The van der Waals surface area contributed by atoms with Gasteiger partial charge in [0.15, 0.2) is 0 Å². The molecule has 0 spiro atoms. The maximum absolute atomic E-state index is 14.3. The van der Waals surface area contributed by atoms with Crippen LogP contribution < -0.4 is 4.90 Å². The molecule has 134 valence electrons. The molecular formula is C15H13F2NO7. The Kier molecular flexibility index (Phi) is 5.32. The number of methoxy groups -OCH3 is 2. The Bertz CT molecular complexity index is 775. The Morgan fingerprint density at radius 1 is 1.12 bits per heavy atom. The molecule has 0 atom stereocenters. The van der Waals surface area contributed by atoms with Crippen molar-refractivity contribution in [2.45, 2.75) is 0 Å². The van der Waals surface area contributed by atoms with Crippen LogP contribution in [0.15, 0.2) is 23.4 Å². The quantitative estimate of drug-likeness (QED) is 0.798. The number of hydrogen-bond donors (Lipinski definition) is 1. The molecule has 1 aliphatic rings. The Balaban J connectivity index is 2.77. The van der Waals surface area contributed by atoms with Gasteiger partial charge in [0.05, 0.1) is 32.1 Å². The van der Waals surface area contributed by atoms with Crippen LogP contribution in [-0.2, 0) is 23.8 Å². The second kappa shape index (κ2) is 7.26. The summed E-state index contributed by atoms with van der Waals surface area (Å²) in [4.78, 5) is 36.1. The molecule has 0 aromatic heterocycles. The molecule has 1 aromatic carbocycles. The number of carbonyl (C=O) groups is 3. The number of nitrogens with zero attached hydrogens (tertiary/aromatic N) is 1. The van der Waals surface area contributed by atoms with Crippen LogP contribution in [0.25, 0.3) is 0 Å². The molecule has 0 saturated carbocycles. The molecule has 0 radical (unpaired) electrons. The van der Waals surface area contributed by atoms with E-state index in [2.05, 4.69) is 9.47 Å². The Morgan fingerprint density at radius 2 is 1.72 bits per heavy atom. The number of benzene rings is 1. The largest absolute Gasteiger partial charge is 0.478 e. The van der Waals surface area contributed by atoms with Crippen LogP contribution in [0.4, 0.5) is 14.5 Å². The fraction of sp³-hybridized carbons (Fsp3) is 0.267. The van der Waals surface area contributed by atoms with Crippen molar-refractivity contribution in [3.8, 4) is 0 Å². The first-order valence-corrected chi connectivity index (χ1v) is 6.79. The smallest absolute Gasteiger partial charge is 0.355 e. The first-order chi connectivity index (χ1) is 11.8. The van der Waals surface area contributed by atoms with Crippen molar-refractivity contribution in [2.75, 3.05) is 32.5 Å². The summed E-state index contributed by atoms with van der Waals surface area (Å²) < 4.78 is 42.4. The van der Waals surface area contributed by atoms with Crippen LogP contribution in [0.3, 0.4) is 0 Å². The molecule has 1 heterocycles. The molecule has 1 aliphatic heterocycles. The summed E-state index contributed by atoms with van der Waals surface area (Å²) in [6.45, 7) is -0.863. The van der Waals surface area contributed by atoms with Gasteiger partial charge in [-0.3, -0.25) is 0 Å². The molecule has 0 bridgehead atoms. The average Bonchev–Trinajstić information content (AvgIpc) is 2.61. The number of ether oxygens (including phenoxy) is 3. The maximum atomic E-state index is 14.3. The van der Waals surface area contributed by atoms with E-state index in [1.54, 1.807) is 0 Å². The molecule has 0 fully saturated rings. The second-order valence-corrected chi connectivity index (χ2v) is 4.77. The lowest BCUT2D eigenvalue weighted by Crippen LogP contribution is -2.40. The van der Waals surface area contributed by atoms with Gasteiger partial charge in [-0.15, -0.1) is 0 Å². The van der Waals surface area contributed by atoms with E-state index in [4.69, 9.17) is 4.74 Å². The highest BCUT2D eigenvalue weighted by Gasteiger charge is 2.36. The number of rotatable bonds is 4. The lowest BCUT2D eigenvalue weighted by Gasteiger charge is -2.32. The minimum atomic E-state index is -1.76. The third-order valence-corrected chi connectivity index (χ3v) is 3.39. The van der Waals surface area contributed by atoms with Gasteiger partial charge in [-0.2, -0.15) is 0 Å². The summed E-state index contributed by atoms with van der Waals surface area (Å²) in [5, 5.41) is 9.21. The number of anilines is 1. The molecule has 1 N–H and O–H groups in total. The summed E-state index contributed by atoms with van der Waals surface area (Å²) in [6, 6.07) is 1.33. The van der Waals surface area contributed by atoms with Crippen LogP contribution in [0.1, 0.15) is 10.4 Å². The van der Waals surface area contributed by atoms with E-state index in [0.29, 0.717) is 12.1 Å². The van der Waals surface area contributed by atoms with Gasteiger partial charge in [-0.1, -0.05) is 0 Å². The first-order valence-electron chi connectivity index (χ1n) is 6.79. The Morgan fingerprint density at radius 3 is 2.28 bits per heavy atom. The van der Waals surface area contributed by atoms with E-state index in [9.17, 15) is 28.3 Å². The lowest BCUT2D eigenvalue weighted by atomic mass is 10.1. The predicted molar refractivity (Wildman–Crippen MR) is 77.7 cm³/mol. The van der Waals surface area contributed by atoms with E-state index in [1.165, 1.54) is 0 Å². The fourth-order valence-electron chi connectivity index (χ4n) is 2.33. The van der Waals surface area contributed by atoms with Gasteiger partial charge >= 0.3 is 17.9 Å². The molecular weight excluding hydrogens is 344 g/mol. The predicted octanol–water partition coefficient (Wildman–Crippen LogP) is 1.06. The summed E-state index contributed by atoms with van der Waals surface area (Å²) in [6.07, 6.45) is 0. The van der Waals surface area contributed by atoms with E-state index < -0.39 is 53.2 Å². The van der Waals surface area contributed by atoms with Crippen molar-refractivity contribution < 1.29 is 42.5 Å². The highest BCUT2D eigenvalue weighted by molar-refractivity contribution is 6.05. The number of halogens is 2. The summed E-state index contributed by atoms with van der Waals surface area (Å²) in [5.74, 6) is -6.14. The van der Waals surface area contributed by atoms with E-state index >= 15 is 0 Å². The van der Waals surface area contributed by atoms with E-state index in [0.717, 1.165) is 19.1 Å². The van der Waals surface area contributed by atoms with Gasteiger partial charge in [0, 0.05) is 0 Å². The van der Waals surface area contributed by atoms with Crippen LogP contribution >= 0.6 is 0 Å². The fourth-order valence-corrected chi connectivity index (χ4v) is 2.33. The van der Waals surface area contributed by atoms with Gasteiger partial charge in [-0.05, 0) is 12.1 Å². The first kappa shape index (κ1) is 18.3. The third-order valence-electron chi connectivity index (χ3n) is 3.39. The molecule has 25 heavy (non-hydrogen) atoms. The monoisotopic (exact) mass is 357 g/mol. The van der Waals surface area contributed by atoms with E-state index in [-0.39, 0.29) is 12.2 Å². The topological polar surface area (TPSA) is 102 Å². The molecule has 0 unspecified atom stereocenters. The molecule has 2 rings (SSSR count). The highest BCUT2D eigenvalue weighted by Crippen LogP contribution is 2.33. The zero-order chi connectivity index (χ0) is 18.7. The number of carboxylic acids is 1. The number of aromatic carboxylic acids is 1. The standard InChI is InChI=1S/C15H13F2NO7/c1-23-14(21)7-5-25-6-18(11(7)15(22)24-2)12-9(17)4-3-8(16)10(12)13(19)20/h3-4H,5-6H2,1-2H3,(H,19,20). The average molecular weight is 357 g/mol. The summed E-state index contributed by atoms with van der Waals surface area (Å²) >= 11 is 0. The van der Waals surface area contributed by atoms with Gasteiger partial charge < -0.3 is 24.2 Å². The molecule has 8 nitrogen and oxygen atoms in total. The Labute approximate surface area is 140 Å². The SMILES string of the molecule is COC(=O)C1=C(C(=O)OC)N(c2c(F)ccc(F)c2C(=O)O)COC1. The Hall–Kier alpha value is -3.01. The number of hydrogen-bond acceptors (Lipinski definition) is 7. The minimum absolute atomic E-state index is 0.319. The molecule has 0 aliphatic carbocycles. The highest BCUT2D eigenvalue weighted by atomic mass is 19.1. The maximum Gasteiger partial charge on any atom is 0.355 e. The summed E-state index contributed by atoms with van der Waals surface area (Å²) in [7, 11) is 2.06. The molecule has 10 heteroatoms. The molecule has 0 saturated heterocycles. The zero-order valence-electron chi connectivity index (χ0n) is 13.2. The van der Waals surface area contributed by atoms with Crippen molar-refractivity contribution in [3.63, 3.8) is 0 Å². The number of esters is 2. The van der Waals surface area contributed by atoms with Gasteiger partial charge in [0.2, 0.25) is 0 Å². The van der Waals surface area contributed by atoms with Crippen molar-refractivity contribution in [1.29, 1.82) is 0 Å².